The molecule has 0 aliphatic heterocycles. The molecular weight excluding hydrogens is 405 g/mol. The zero-order valence-corrected chi connectivity index (χ0v) is 15.5. The maximum absolute atomic E-state index is 13.3. The second-order valence-corrected chi connectivity index (χ2v) is 7.59. The summed E-state index contributed by atoms with van der Waals surface area (Å²) in [6.45, 7) is 6.90. The van der Waals surface area contributed by atoms with Gasteiger partial charge in [0.1, 0.15) is 11.5 Å². The van der Waals surface area contributed by atoms with Crippen LogP contribution >= 0.6 is 11.3 Å². The summed E-state index contributed by atoms with van der Waals surface area (Å²) in [5.74, 6) is -0.419. The van der Waals surface area contributed by atoms with Gasteiger partial charge in [-0.1, -0.05) is 23.5 Å². The number of nitrogens with one attached hydrogen (secondary N) is 1. The van der Waals surface area contributed by atoms with Crippen LogP contribution in [0.15, 0.2) is 41.2 Å². The molecule has 1 aromatic heterocycles. The first kappa shape index (κ1) is 19.1. The van der Waals surface area contributed by atoms with Gasteiger partial charge in [0.15, 0.2) is 5.69 Å². The molecule has 1 aliphatic carbocycles. The van der Waals surface area contributed by atoms with Gasteiger partial charge in [0.05, 0.1) is 17.0 Å². The van der Waals surface area contributed by atoms with Crippen molar-refractivity contribution in [3.63, 3.8) is 0 Å². The quantitative estimate of drug-likeness (QED) is 0.546. The molecule has 0 spiro atoms. The van der Waals surface area contributed by atoms with E-state index in [0.29, 0.717) is 17.7 Å². The van der Waals surface area contributed by atoms with Crippen molar-refractivity contribution in [2.45, 2.75) is 24.9 Å². The topological polar surface area (TPSA) is 66.7 Å². The van der Waals surface area contributed by atoms with E-state index in [2.05, 4.69) is 9.83 Å². The number of aromatic amines is 1. The first-order valence-electron chi connectivity index (χ1n) is 8.57. The molecule has 1 aliphatic rings. The van der Waals surface area contributed by atoms with Crippen molar-refractivity contribution < 1.29 is 23.0 Å². The Morgan fingerprint density at radius 1 is 1.24 bits per heavy atom. The van der Waals surface area contributed by atoms with E-state index in [4.69, 9.17) is 11.3 Å². The molecule has 0 amide bonds. The Morgan fingerprint density at radius 2 is 2.03 bits per heavy atom. The number of aryl methyl sites for hydroxylation is 1. The van der Waals surface area contributed by atoms with E-state index in [1.54, 1.807) is 18.2 Å². The van der Waals surface area contributed by atoms with Crippen LogP contribution in [0.25, 0.3) is 4.85 Å². The summed E-state index contributed by atoms with van der Waals surface area (Å²) in [6.07, 6.45) is -3.33. The van der Waals surface area contributed by atoms with Gasteiger partial charge in [0, 0.05) is 5.92 Å². The number of fused-ring (bicyclic) bond motifs is 1. The van der Waals surface area contributed by atoms with E-state index in [1.165, 1.54) is 6.07 Å². The van der Waals surface area contributed by atoms with Crippen molar-refractivity contribution in [3.05, 3.63) is 79.1 Å². The largest absolute Gasteiger partial charge is 0.494 e. The molecular formula is C20H13F3N2O3S. The van der Waals surface area contributed by atoms with Crippen molar-refractivity contribution in [1.29, 1.82) is 0 Å². The minimum atomic E-state index is -4.65. The predicted molar refractivity (Wildman–Crippen MR) is 101 cm³/mol. The standard InChI is InChI=1S/C20H13F3N2O3S/c1-24-11-3-7-16(15(9-11)20(21,22)23)28-12-4-6-13-10(8-12)2-5-14(13)17-18(26)25-19(27)29-17/h3-4,6-9,14,26H,2,5H2,(H,25,27)/t14-/m1/s1. The average molecular weight is 418 g/mol. The van der Waals surface area contributed by atoms with Crippen LogP contribution in [0, 0.1) is 6.57 Å². The number of halogens is 3. The zero-order chi connectivity index (χ0) is 20.8. The zero-order valence-electron chi connectivity index (χ0n) is 14.7. The minimum Gasteiger partial charge on any atom is -0.494 e. The van der Waals surface area contributed by atoms with Crippen LogP contribution in [0.1, 0.15) is 33.9 Å². The van der Waals surface area contributed by atoms with Crippen molar-refractivity contribution in [1.82, 2.24) is 4.98 Å². The molecule has 0 fully saturated rings. The molecule has 0 saturated heterocycles. The minimum absolute atomic E-state index is 0.119. The smallest absolute Gasteiger partial charge is 0.418 e. The summed E-state index contributed by atoms with van der Waals surface area (Å²) in [4.78, 5) is 17.1. The van der Waals surface area contributed by atoms with Gasteiger partial charge >= 0.3 is 11.0 Å². The second-order valence-electron chi connectivity index (χ2n) is 6.57. The van der Waals surface area contributed by atoms with Gasteiger partial charge in [0.2, 0.25) is 5.88 Å². The number of aromatic nitrogens is 1. The predicted octanol–water partition coefficient (Wildman–Crippen LogP) is 5.58. The van der Waals surface area contributed by atoms with E-state index in [1.807, 2.05) is 0 Å². The third-order valence-electron chi connectivity index (χ3n) is 4.79. The lowest BCUT2D eigenvalue weighted by Crippen LogP contribution is -2.07. The molecule has 9 heteroatoms. The monoisotopic (exact) mass is 418 g/mol. The highest BCUT2D eigenvalue weighted by Crippen LogP contribution is 2.44. The van der Waals surface area contributed by atoms with Crippen molar-refractivity contribution in [2.24, 2.45) is 0 Å². The molecule has 2 N–H and O–H groups in total. The summed E-state index contributed by atoms with van der Waals surface area (Å²) >= 11 is 0.949. The second kappa shape index (κ2) is 6.97. The molecule has 0 unspecified atom stereocenters. The van der Waals surface area contributed by atoms with Gasteiger partial charge < -0.3 is 9.84 Å². The lowest BCUT2D eigenvalue weighted by atomic mass is 10.00. The van der Waals surface area contributed by atoms with E-state index in [0.717, 1.165) is 34.6 Å². The summed E-state index contributed by atoms with van der Waals surface area (Å²) in [5, 5.41) is 9.92. The number of aromatic hydroxyl groups is 1. The lowest BCUT2D eigenvalue weighted by Gasteiger charge is -2.15. The summed E-state index contributed by atoms with van der Waals surface area (Å²) in [6, 6.07) is 8.16. The molecule has 5 nitrogen and oxygen atoms in total. The van der Waals surface area contributed by atoms with E-state index < -0.39 is 11.7 Å². The summed E-state index contributed by atoms with van der Waals surface area (Å²) in [7, 11) is 0. The Bertz CT molecular complexity index is 1190. The molecule has 1 atom stereocenters. The number of H-pyrrole nitrogens is 1. The van der Waals surface area contributed by atoms with Crippen LogP contribution in [-0.2, 0) is 12.6 Å². The van der Waals surface area contributed by atoms with Crippen LogP contribution in [0.3, 0.4) is 0 Å². The Balaban J connectivity index is 1.66. The van der Waals surface area contributed by atoms with E-state index >= 15 is 0 Å². The molecule has 1 heterocycles. The average Bonchev–Trinajstić information content (AvgIpc) is 3.22. The van der Waals surface area contributed by atoms with Crippen LogP contribution in [0.2, 0.25) is 0 Å². The first-order chi connectivity index (χ1) is 13.8. The van der Waals surface area contributed by atoms with Gasteiger partial charge in [-0.25, -0.2) is 4.85 Å². The Morgan fingerprint density at radius 3 is 2.69 bits per heavy atom. The molecule has 0 saturated carbocycles. The van der Waals surface area contributed by atoms with Crippen LogP contribution in [-0.4, -0.2) is 10.1 Å². The molecule has 29 heavy (non-hydrogen) atoms. The highest BCUT2D eigenvalue weighted by molar-refractivity contribution is 7.09. The fraction of sp³-hybridized carbons (Fsp3) is 0.200. The Hall–Kier alpha value is -3.25. The van der Waals surface area contributed by atoms with Gasteiger partial charge in [0.25, 0.3) is 0 Å². The van der Waals surface area contributed by atoms with Crippen molar-refractivity contribution in [2.75, 3.05) is 0 Å². The van der Waals surface area contributed by atoms with E-state index in [9.17, 15) is 23.1 Å². The lowest BCUT2D eigenvalue weighted by molar-refractivity contribution is -0.138. The summed E-state index contributed by atoms with van der Waals surface area (Å²) < 4.78 is 45.5. The fourth-order valence-corrected chi connectivity index (χ4v) is 4.41. The number of ether oxygens (including phenoxy) is 1. The van der Waals surface area contributed by atoms with Crippen molar-refractivity contribution in [3.8, 4) is 17.4 Å². The first-order valence-corrected chi connectivity index (χ1v) is 9.39. The van der Waals surface area contributed by atoms with Gasteiger partial charge in [-0.05, 0) is 48.2 Å². The van der Waals surface area contributed by atoms with Crippen LogP contribution in [0.4, 0.5) is 18.9 Å². The maximum atomic E-state index is 13.3. The number of thiazole rings is 1. The number of benzene rings is 2. The molecule has 0 bridgehead atoms. The fourth-order valence-electron chi connectivity index (χ4n) is 3.52. The highest BCUT2D eigenvalue weighted by Gasteiger charge is 2.35. The molecule has 2 aromatic carbocycles. The third kappa shape index (κ3) is 3.59. The molecule has 0 radical (unpaired) electrons. The third-order valence-corrected chi connectivity index (χ3v) is 5.78. The normalized spacial score (nSPS) is 15.7. The van der Waals surface area contributed by atoms with Crippen LogP contribution in [0.5, 0.6) is 17.4 Å². The van der Waals surface area contributed by atoms with E-state index in [-0.39, 0.29) is 33.9 Å². The Labute approximate surface area is 166 Å². The summed E-state index contributed by atoms with van der Waals surface area (Å²) in [5.41, 5.74) is 0.666. The van der Waals surface area contributed by atoms with Crippen molar-refractivity contribution >= 4 is 17.0 Å². The molecule has 148 valence electrons. The number of hydrogen-bond donors (Lipinski definition) is 2. The number of alkyl halides is 3. The van der Waals surface area contributed by atoms with Crippen LogP contribution < -0.4 is 9.61 Å². The Kier molecular flexibility index (Phi) is 4.59. The highest BCUT2D eigenvalue weighted by atomic mass is 32.1. The SMILES string of the molecule is [C-]#[N+]c1ccc(Oc2ccc3c(c2)CC[C@H]3c2sc(=O)[nH]c2O)c(C(F)(F)F)c1. The number of hydrogen-bond acceptors (Lipinski definition) is 4. The molecule has 4 rings (SSSR count). The number of nitrogens with zero attached hydrogens (tertiary/aromatic N) is 1. The number of rotatable bonds is 3. The van der Waals surface area contributed by atoms with Gasteiger partial charge in [-0.2, -0.15) is 13.2 Å². The maximum Gasteiger partial charge on any atom is 0.418 e. The van der Waals surface area contributed by atoms with Gasteiger partial charge in [-0.3, -0.25) is 9.78 Å². The van der Waals surface area contributed by atoms with Gasteiger partial charge in [-0.15, -0.1) is 0 Å². The molecule has 3 aromatic rings.